The average molecular weight is 357 g/mol. The van der Waals surface area contributed by atoms with Crippen LogP contribution in [0.15, 0.2) is 30.1 Å². The van der Waals surface area contributed by atoms with Gasteiger partial charge in [0.15, 0.2) is 18.3 Å². The molecule has 1 aromatic rings. The first-order valence-electron chi connectivity index (χ1n) is 8.58. The molecule has 0 bridgehead atoms. The SMILES string of the molecule is COCN1C(=O)N2C=CC(N3COc4cc(C(=O)N5CCC5)[nH]c43)=CC21. The lowest BCUT2D eigenvalue weighted by Crippen LogP contribution is -2.65. The number of anilines is 1. The molecule has 1 unspecified atom stereocenters. The monoisotopic (exact) mass is 357 g/mol. The van der Waals surface area contributed by atoms with Crippen molar-refractivity contribution in [3.8, 4) is 5.75 Å². The van der Waals surface area contributed by atoms with Crippen molar-refractivity contribution in [3.05, 3.63) is 35.8 Å². The summed E-state index contributed by atoms with van der Waals surface area (Å²) in [6.45, 7) is 2.22. The van der Waals surface area contributed by atoms with Crippen molar-refractivity contribution in [3.63, 3.8) is 0 Å². The first kappa shape index (κ1) is 15.3. The number of rotatable bonds is 4. The highest BCUT2D eigenvalue weighted by Gasteiger charge is 2.44. The Morgan fingerprint density at radius 2 is 2.27 bits per heavy atom. The number of ether oxygens (including phenoxy) is 2. The van der Waals surface area contributed by atoms with Gasteiger partial charge in [-0.2, -0.15) is 0 Å². The zero-order chi connectivity index (χ0) is 17.8. The molecule has 0 radical (unpaired) electrons. The minimum atomic E-state index is -0.163. The standard InChI is InChI=1S/C17H19N5O4/c1-25-9-22-14-7-11(3-6-20(14)17(22)24)21-10-26-13-8-12(18-15(13)21)16(23)19-4-2-5-19/h3,6-8,14,18H,2,4-5,9-10H2,1H3. The zero-order valence-corrected chi connectivity index (χ0v) is 14.3. The van der Waals surface area contributed by atoms with E-state index in [4.69, 9.17) is 9.47 Å². The molecule has 5 rings (SSSR count). The number of nitrogens with one attached hydrogen (secondary N) is 1. The quantitative estimate of drug-likeness (QED) is 0.873. The fourth-order valence-electron chi connectivity index (χ4n) is 3.55. The van der Waals surface area contributed by atoms with Crippen LogP contribution in [0.5, 0.6) is 5.75 Å². The van der Waals surface area contributed by atoms with E-state index < -0.39 is 0 Å². The number of aromatic amines is 1. The van der Waals surface area contributed by atoms with Gasteiger partial charge in [-0.3, -0.25) is 19.5 Å². The van der Waals surface area contributed by atoms with Crippen LogP contribution in [0.3, 0.4) is 0 Å². The third kappa shape index (κ3) is 2.07. The lowest BCUT2D eigenvalue weighted by atomic mass is 10.1. The van der Waals surface area contributed by atoms with Gasteiger partial charge in [0, 0.05) is 38.2 Å². The molecule has 4 aliphatic rings. The number of hydrogen-bond donors (Lipinski definition) is 1. The summed E-state index contributed by atoms with van der Waals surface area (Å²) in [5.41, 5.74) is 1.45. The number of nitrogens with zero attached hydrogens (tertiary/aromatic N) is 4. The third-order valence-electron chi connectivity index (χ3n) is 5.13. The maximum absolute atomic E-state index is 12.4. The van der Waals surface area contributed by atoms with Gasteiger partial charge in [-0.05, 0) is 18.6 Å². The molecule has 2 saturated heterocycles. The van der Waals surface area contributed by atoms with Gasteiger partial charge in [-0.1, -0.05) is 0 Å². The molecular weight excluding hydrogens is 338 g/mol. The van der Waals surface area contributed by atoms with Gasteiger partial charge >= 0.3 is 6.03 Å². The van der Waals surface area contributed by atoms with E-state index in [0.717, 1.165) is 31.0 Å². The van der Waals surface area contributed by atoms with Crippen molar-refractivity contribution in [2.75, 3.05) is 38.6 Å². The van der Waals surface area contributed by atoms with Crippen LogP contribution in [0.1, 0.15) is 16.9 Å². The van der Waals surface area contributed by atoms with Crippen molar-refractivity contribution >= 4 is 17.8 Å². The molecule has 1 N–H and O–H groups in total. The van der Waals surface area contributed by atoms with Crippen molar-refractivity contribution in [2.45, 2.75) is 12.6 Å². The minimum Gasteiger partial charge on any atom is -0.469 e. The van der Waals surface area contributed by atoms with E-state index in [0.29, 0.717) is 18.2 Å². The molecule has 1 aromatic heterocycles. The molecule has 0 aliphatic carbocycles. The second-order valence-corrected chi connectivity index (χ2v) is 6.64. The Kier molecular flexibility index (Phi) is 3.26. The molecule has 4 aliphatic heterocycles. The first-order chi connectivity index (χ1) is 12.7. The second kappa shape index (κ2) is 5.53. The van der Waals surface area contributed by atoms with E-state index in [2.05, 4.69) is 4.98 Å². The smallest absolute Gasteiger partial charge is 0.329 e. The molecule has 0 aromatic carbocycles. The number of amides is 3. The summed E-state index contributed by atoms with van der Waals surface area (Å²) >= 11 is 0. The number of H-pyrrole nitrogens is 1. The van der Waals surface area contributed by atoms with E-state index in [1.165, 1.54) is 0 Å². The second-order valence-electron chi connectivity index (χ2n) is 6.64. The topological polar surface area (TPSA) is 81.3 Å². The number of likely N-dealkylation sites (tertiary alicyclic amines) is 1. The summed E-state index contributed by atoms with van der Waals surface area (Å²) in [7, 11) is 1.56. The molecule has 5 heterocycles. The van der Waals surface area contributed by atoms with Crippen molar-refractivity contribution < 1.29 is 19.1 Å². The molecule has 0 saturated carbocycles. The Labute approximate surface area is 150 Å². The predicted octanol–water partition coefficient (Wildman–Crippen LogP) is 1.10. The maximum Gasteiger partial charge on any atom is 0.329 e. The first-order valence-corrected chi connectivity index (χ1v) is 8.58. The summed E-state index contributed by atoms with van der Waals surface area (Å²) in [5, 5.41) is 0. The van der Waals surface area contributed by atoms with Crippen molar-refractivity contribution in [1.29, 1.82) is 0 Å². The van der Waals surface area contributed by atoms with Gasteiger partial charge in [0.1, 0.15) is 18.6 Å². The zero-order valence-electron chi connectivity index (χ0n) is 14.3. The van der Waals surface area contributed by atoms with Gasteiger partial charge in [0.2, 0.25) is 0 Å². The molecule has 26 heavy (non-hydrogen) atoms. The molecular formula is C17H19N5O4. The number of methoxy groups -OCH3 is 1. The van der Waals surface area contributed by atoms with E-state index in [1.807, 2.05) is 22.0 Å². The van der Waals surface area contributed by atoms with Gasteiger partial charge < -0.3 is 19.4 Å². The fraction of sp³-hybridized carbons (Fsp3) is 0.412. The number of aromatic nitrogens is 1. The maximum atomic E-state index is 12.4. The molecule has 2 fully saturated rings. The van der Waals surface area contributed by atoms with Gasteiger partial charge in [-0.15, -0.1) is 0 Å². The van der Waals surface area contributed by atoms with Crippen LogP contribution >= 0.6 is 0 Å². The molecule has 9 heteroatoms. The lowest BCUT2D eigenvalue weighted by Gasteiger charge is -2.48. The minimum absolute atomic E-state index is 0.00407. The Hall–Kier alpha value is -2.94. The van der Waals surface area contributed by atoms with Crippen molar-refractivity contribution in [2.24, 2.45) is 0 Å². The van der Waals surface area contributed by atoms with Crippen LogP contribution in [-0.4, -0.2) is 71.4 Å². The fourth-order valence-corrected chi connectivity index (χ4v) is 3.55. The molecule has 136 valence electrons. The summed E-state index contributed by atoms with van der Waals surface area (Å²) in [6.07, 6.45) is 6.51. The van der Waals surface area contributed by atoms with Crippen LogP contribution in [-0.2, 0) is 4.74 Å². The highest BCUT2D eigenvalue weighted by molar-refractivity contribution is 5.95. The number of urea groups is 1. The largest absolute Gasteiger partial charge is 0.469 e. The number of carbonyl (C=O) groups is 2. The molecule has 9 nitrogen and oxygen atoms in total. The van der Waals surface area contributed by atoms with Crippen LogP contribution in [0.25, 0.3) is 0 Å². The Bertz CT molecular complexity index is 840. The van der Waals surface area contributed by atoms with Crippen LogP contribution in [0, 0.1) is 0 Å². The summed E-state index contributed by atoms with van der Waals surface area (Å²) in [4.78, 5) is 34.6. The van der Waals surface area contributed by atoms with Gasteiger partial charge in [0.25, 0.3) is 5.91 Å². The highest BCUT2D eigenvalue weighted by atomic mass is 16.5. The Morgan fingerprint density at radius 3 is 3.00 bits per heavy atom. The van der Waals surface area contributed by atoms with E-state index in [1.54, 1.807) is 29.2 Å². The van der Waals surface area contributed by atoms with Crippen LogP contribution in [0.4, 0.5) is 10.6 Å². The van der Waals surface area contributed by atoms with E-state index >= 15 is 0 Å². The molecule has 1 atom stereocenters. The summed E-state index contributed by atoms with van der Waals surface area (Å²) in [6, 6.07) is 1.68. The molecule has 0 spiro atoms. The number of hydrogen-bond acceptors (Lipinski definition) is 5. The van der Waals surface area contributed by atoms with Crippen LogP contribution < -0.4 is 9.64 Å². The van der Waals surface area contributed by atoms with Gasteiger partial charge in [-0.25, -0.2) is 4.79 Å². The van der Waals surface area contributed by atoms with Gasteiger partial charge in [0.05, 0.1) is 0 Å². The highest BCUT2D eigenvalue weighted by Crippen LogP contribution is 2.39. The number of carbonyl (C=O) groups excluding carboxylic acids is 2. The number of allylic oxidation sites excluding steroid dienone is 1. The summed E-state index contributed by atoms with van der Waals surface area (Å²) in [5.74, 6) is 1.44. The molecule has 3 amide bonds. The summed E-state index contributed by atoms with van der Waals surface area (Å²) < 4.78 is 10.8. The number of fused-ring (bicyclic) bond motifs is 2. The van der Waals surface area contributed by atoms with Crippen LogP contribution in [0.2, 0.25) is 0 Å². The lowest BCUT2D eigenvalue weighted by molar-refractivity contribution is -0.0231. The van der Waals surface area contributed by atoms with Crippen molar-refractivity contribution in [1.82, 2.24) is 19.7 Å². The third-order valence-corrected chi connectivity index (χ3v) is 5.13. The Morgan fingerprint density at radius 1 is 1.42 bits per heavy atom. The predicted molar refractivity (Wildman–Crippen MR) is 91.2 cm³/mol. The average Bonchev–Trinajstić information content (AvgIpc) is 3.18. The van der Waals surface area contributed by atoms with E-state index in [9.17, 15) is 9.59 Å². The Balaban J connectivity index is 1.39. The van der Waals surface area contributed by atoms with E-state index in [-0.39, 0.29) is 24.8 Å². The normalized spacial score (nSPS) is 23.2.